The highest BCUT2D eigenvalue weighted by Gasteiger charge is 2.48. The number of aromatic nitrogens is 2. The Bertz CT molecular complexity index is 3010. The first kappa shape index (κ1) is 35.1. The van der Waals surface area contributed by atoms with Crippen molar-refractivity contribution >= 4 is 28.0 Å². The summed E-state index contributed by atoms with van der Waals surface area (Å²) in [6.07, 6.45) is 7.04. The fourth-order valence-electron chi connectivity index (χ4n) is 10.5. The van der Waals surface area contributed by atoms with Crippen LogP contribution in [0.5, 0.6) is 0 Å². The van der Waals surface area contributed by atoms with E-state index in [0.29, 0.717) is 11.3 Å². The SMILES string of the molecule is Fc1cc2occc2cc1N(c1ccc2c(c1)C(c1ccccc1)(c1ccccc1)c1ccccc1-2)c1ccc2c(c1)C(c1ccccc1)(c1cncnc1)c1ccccc1-2. The van der Waals surface area contributed by atoms with Gasteiger partial charge in [-0.3, -0.25) is 0 Å². The van der Waals surface area contributed by atoms with E-state index in [1.54, 1.807) is 12.6 Å². The van der Waals surface area contributed by atoms with E-state index < -0.39 is 16.6 Å². The lowest BCUT2D eigenvalue weighted by Crippen LogP contribution is -2.29. The quantitative estimate of drug-likeness (QED) is 0.161. The molecule has 12 rings (SSSR count). The van der Waals surface area contributed by atoms with Crippen LogP contribution >= 0.6 is 0 Å². The van der Waals surface area contributed by atoms with Crippen molar-refractivity contribution in [1.82, 2.24) is 9.97 Å². The van der Waals surface area contributed by atoms with Gasteiger partial charge in [0.15, 0.2) is 5.82 Å². The van der Waals surface area contributed by atoms with E-state index in [9.17, 15) is 0 Å². The molecule has 2 aliphatic carbocycles. The molecule has 288 valence electrons. The molecule has 1 unspecified atom stereocenters. The van der Waals surface area contributed by atoms with E-state index in [1.807, 2.05) is 30.6 Å². The molecule has 4 nitrogen and oxygen atoms in total. The lowest BCUT2D eigenvalue weighted by Gasteiger charge is -2.35. The molecule has 2 aliphatic rings. The summed E-state index contributed by atoms with van der Waals surface area (Å²) in [6, 6.07) is 67.9. The summed E-state index contributed by atoms with van der Waals surface area (Å²) in [5, 5.41) is 0.812. The van der Waals surface area contributed by atoms with Crippen LogP contribution in [0.4, 0.5) is 21.5 Å². The molecule has 0 fully saturated rings. The van der Waals surface area contributed by atoms with Gasteiger partial charge in [0.25, 0.3) is 0 Å². The van der Waals surface area contributed by atoms with Crippen LogP contribution in [0.2, 0.25) is 0 Å². The van der Waals surface area contributed by atoms with Gasteiger partial charge in [-0.1, -0.05) is 152 Å². The molecule has 2 heterocycles. The smallest absolute Gasteiger partial charge is 0.150 e. The normalized spacial score (nSPS) is 15.5. The highest BCUT2D eigenvalue weighted by Crippen LogP contribution is 2.59. The van der Waals surface area contributed by atoms with E-state index >= 15 is 4.39 Å². The molecule has 61 heavy (non-hydrogen) atoms. The first-order valence-electron chi connectivity index (χ1n) is 20.5. The Labute approximate surface area is 352 Å². The summed E-state index contributed by atoms with van der Waals surface area (Å²) < 4.78 is 22.8. The van der Waals surface area contributed by atoms with E-state index in [0.717, 1.165) is 72.4 Å². The molecule has 10 aromatic rings. The van der Waals surface area contributed by atoms with Crippen molar-refractivity contribution < 1.29 is 8.81 Å². The zero-order valence-corrected chi connectivity index (χ0v) is 32.9. The van der Waals surface area contributed by atoms with Gasteiger partial charge in [0.2, 0.25) is 0 Å². The number of furan rings is 1. The largest absolute Gasteiger partial charge is 0.464 e. The minimum atomic E-state index is -0.751. The van der Waals surface area contributed by atoms with Crippen LogP contribution in [0, 0.1) is 5.82 Å². The summed E-state index contributed by atoms with van der Waals surface area (Å²) in [5.74, 6) is -0.391. The van der Waals surface area contributed by atoms with Crippen molar-refractivity contribution in [3.05, 3.63) is 269 Å². The Morgan fingerprint density at radius 1 is 0.426 bits per heavy atom. The summed E-state index contributed by atoms with van der Waals surface area (Å²) in [4.78, 5) is 11.2. The first-order chi connectivity index (χ1) is 30.2. The van der Waals surface area contributed by atoms with Gasteiger partial charge in [-0.2, -0.15) is 0 Å². The second-order valence-corrected chi connectivity index (χ2v) is 15.9. The van der Waals surface area contributed by atoms with Crippen LogP contribution in [-0.2, 0) is 10.8 Å². The molecule has 0 radical (unpaired) electrons. The Hall–Kier alpha value is -7.89. The third kappa shape index (κ3) is 4.98. The number of fused-ring (bicyclic) bond motifs is 7. The van der Waals surface area contributed by atoms with Crippen molar-refractivity contribution in [2.24, 2.45) is 0 Å². The average molecular weight is 786 g/mol. The van der Waals surface area contributed by atoms with Crippen LogP contribution in [0.15, 0.2) is 224 Å². The molecular formula is C56H36FN3O. The fraction of sp³-hybridized carbons (Fsp3) is 0.0357. The van der Waals surface area contributed by atoms with Crippen molar-refractivity contribution in [3.63, 3.8) is 0 Å². The number of hydrogen-bond donors (Lipinski definition) is 0. The molecular weight excluding hydrogens is 750 g/mol. The summed E-state index contributed by atoms with van der Waals surface area (Å²) in [6.45, 7) is 0. The second kappa shape index (κ2) is 13.6. The van der Waals surface area contributed by atoms with Crippen molar-refractivity contribution in [2.75, 3.05) is 4.90 Å². The summed E-state index contributed by atoms with van der Waals surface area (Å²) >= 11 is 0. The predicted octanol–water partition coefficient (Wildman–Crippen LogP) is 13.6. The lowest BCUT2D eigenvalue weighted by atomic mass is 9.67. The predicted molar refractivity (Wildman–Crippen MR) is 241 cm³/mol. The minimum absolute atomic E-state index is 0.391. The van der Waals surface area contributed by atoms with Crippen LogP contribution in [0.3, 0.4) is 0 Å². The van der Waals surface area contributed by atoms with Gasteiger partial charge in [0.05, 0.1) is 22.8 Å². The van der Waals surface area contributed by atoms with Crippen LogP contribution in [-0.4, -0.2) is 9.97 Å². The fourth-order valence-corrected chi connectivity index (χ4v) is 10.5. The van der Waals surface area contributed by atoms with Crippen LogP contribution in [0.1, 0.15) is 44.5 Å². The molecule has 0 aliphatic heterocycles. The highest BCUT2D eigenvalue weighted by atomic mass is 19.1. The van der Waals surface area contributed by atoms with Gasteiger partial charge < -0.3 is 9.32 Å². The van der Waals surface area contributed by atoms with Gasteiger partial charge in [-0.05, 0) is 97.6 Å². The molecule has 8 aromatic carbocycles. The van der Waals surface area contributed by atoms with Gasteiger partial charge in [0.1, 0.15) is 11.9 Å². The van der Waals surface area contributed by atoms with E-state index in [1.165, 1.54) is 17.2 Å². The third-order valence-corrected chi connectivity index (χ3v) is 12.9. The molecule has 0 spiro atoms. The van der Waals surface area contributed by atoms with Crippen molar-refractivity contribution in [1.29, 1.82) is 0 Å². The number of benzene rings is 8. The van der Waals surface area contributed by atoms with Crippen molar-refractivity contribution in [3.8, 4) is 22.3 Å². The van der Waals surface area contributed by atoms with E-state index in [4.69, 9.17) is 4.42 Å². The van der Waals surface area contributed by atoms with E-state index in [2.05, 4.69) is 185 Å². The summed E-state index contributed by atoms with van der Waals surface area (Å²) in [7, 11) is 0. The van der Waals surface area contributed by atoms with Gasteiger partial charge in [0, 0.05) is 40.8 Å². The molecule has 0 N–H and O–H groups in total. The zero-order chi connectivity index (χ0) is 40.5. The molecule has 0 saturated carbocycles. The topological polar surface area (TPSA) is 42.2 Å². The monoisotopic (exact) mass is 785 g/mol. The number of halogens is 1. The number of nitrogens with zero attached hydrogens (tertiary/aromatic N) is 3. The Kier molecular flexibility index (Phi) is 7.81. The van der Waals surface area contributed by atoms with Gasteiger partial charge >= 0.3 is 0 Å². The average Bonchev–Trinajstić information content (AvgIpc) is 4.00. The third-order valence-electron chi connectivity index (χ3n) is 12.9. The number of anilines is 3. The highest BCUT2D eigenvalue weighted by molar-refractivity contribution is 5.93. The summed E-state index contributed by atoms with van der Waals surface area (Å²) in [5.41, 5.74) is 14.7. The van der Waals surface area contributed by atoms with Crippen LogP contribution < -0.4 is 4.90 Å². The standard InChI is InChI=1S/C56H36FN3O/c57-52-33-54-37(28-29-61-54)30-53(52)60(42-24-26-46-44-20-10-12-22-48(44)55(50(46)31-42,38-14-4-1-5-15-38)39-16-6-2-7-17-39)43-25-27-47-45-21-11-13-23-49(45)56(51(47)32-43,40-18-8-3-9-19-40)41-34-58-36-59-35-41/h1-36H. The van der Waals surface area contributed by atoms with Gasteiger partial charge in [-0.15, -0.1) is 0 Å². The first-order valence-corrected chi connectivity index (χ1v) is 20.5. The van der Waals surface area contributed by atoms with Crippen molar-refractivity contribution in [2.45, 2.75) is 10.8 Å². The maximum atomic E-state index is 17.0. The number of hydrogen-bond acceptors (Lipinski definition) is 4. The Balaban J connectivity index is 1.16. The maximum absolute atomic E-state index is 17.0. The Morgan fingerprint density at radius 3 is 1.41 bits per heavy atom. The van der Waals surface area contributed by atoms with E-state index in [-0.39, 0.29) is 0 Å². The molecule has 2 aromatic heterocycles. The Morgan fingerprint density at radius 2 is 0.885 bits per heavy atom. The second-order valence-electron chi connectivity index (χ2n) is 15.9. The molecule has 1 atom stereocenters. The maximum Gasteiger partial charge on any atom is 0.150 e. The molecule has 0 saturated heterocycles. The molecule has 0 amide bonds. The zero-order valence-electron chi connectivity index (χ0n) is 32.9. The number of rotatable bonds is 7. The molecule has 0 bridgehead atoms. The lowest BCUT2D eigenvalue weighted by molar-refractivity contribution is 0.599. The molecule has 5 heteroatoms. The van der Waals surface area contributed by atoms with Crippen LogP contribution in [0.25, 0.3) is 33.2 Å². The van der Waals surface area contributed by atoms with Gasteiger partial charge in [-0.25, -0.2) is 14.4 Å². The minimum Gasteiger partial charge on any atom is -0.464 e.